The van der Waals surface area contributed by atoms with Crippen LogP contribution in [0.25, 0.3) is 0 Å². The van der Waals surface area contributed by atoms with E-state index >= 15 is 0 Å². The van der Waals surface area contributed by atoms with Gasteiger partial charge >= 0.3 is 0 Å². The van der Waals surface area contributed by atoms with E-state index in [9.17, 15) is 4.79 Å². The molecule has 0 radical (unpaired) electrons. The minimum atomic E-state index is 0.0689. The minimum absolute atomic E-state index is 0.0689. The zero-order valence-electron chi connectivity index (χ0n) is 12.8. The largest absolute Gasteiger partial charge is 0.398 e. The van der Waals surface area contributed by atoms with Crippen molar-refractivity contribution in [2.24, 2.45) is 0 Å². The van der Waals surface area contributed by atoms with Crippen molar-refractivity contribution in [2.75, 3.05) is 36.8 Å². The molecule has 2 aromatic rings. The quantitative estimate of drug-likeness (QED) is 0.866. The van der Waals surface area contributed by atoms with Crippen LogP contribution in [0.3, 0.4) is 0 Å². The maximum Gasteiger partial charge on any atom is 0.254 e. The summed E-state index contributed by atoms with van der Waals surface area (Å²) in [6, 6.07) is 15.9. The van der Waals surface area contributed by atoms with Crippen LogP contribution >= 0.6 is 0 Å². The lowest BCUT2D eigenvalue weighted by molar-refractivity contribution is 0.0747. The highest BCUT2D eigenvalue weighted by Gasteiger charge is 2.22. The van der Waals surface area contributed by atoms with Crippen LogP contribution in [-0.4, -0.2) is 37.0 Å². The van der Waals surface area contributed by atoms with E-state index in [1.807, 2.05) is 42.2 Å². The normalized spacial score (nSPS) is 15.0. The molecule has 4 heteroatoms. The molecule has 3 rings (SSSR count). The van der Waals surface area contributed by atoms with Crippen LogP contribution in [0, 0.1) is 6.92 Å². The van der Waals surface area contributed by atoms with Gasteiger partial charge in [-0.15, -0.1) is 0 Å². The fraction of sp³-hybridized carbons (Fsp3) is 0.278. The molecule has 114 valence electrons. The Morgan fingerprint density at radius 3 is 2.32 bits per heavy atom. The van der Waals surface area contributed by atoms with Gasteiger partial charge in [0.05, 0.1) is 0 Å². The average Bonchev–Trinajstić information content (AvgIpc) is 2.58. The van der Waals surface area contributed by atoms with Gasteiger partial charge in [-0.05, 0) is 36.8 Å². The van der Waals surface area contributed by atoms with Crippen molar-refractivity contribution in [3.8, 4) is 0 Å². The Balaban J connectivity index is 1.66. The second-order valence-corrected chi connectivity index (χ2v) is 5.69. The highest BCUT2D eigenvalue weighted by Crippen LogP contribution is 2.18. The van der Waals surface area contributed by atoms with Gasteiger partial charge in [0.2, 0.25) is 0 Å². The van der Waals surface area contributed by atoms with E-state index in [0.29, 0.717) is 11.3 Å². The molecule has 2 aromatic carbocycles. The lowest BCUT2D eigenvalue weighted by atomic mass is 10.1. The maximum absolute atomic E-state index is 12.6. The molecule has 1 aliphatic heterocycles. The van der Waals surface area contributed by atoms with Crippen molar-refractivity contribution >= 4 is 17.3 Å². The molecule has 0 unspecified atom stereocenters. The second-order valence-electron chi connectivity index (χ2n) is 5.69. The van der Waals surface area contributed by atoms with Gasteiger partial charge in [-0.25, -0.2) is 0 Å². The summed E-state index contributed by atoms with van der Waals surface area (Å²) in [5.41, 5.74) is 9.48. The van der Waals surface area contributed by atoms with E-state index in [2.05, 4.69) is 17.0 Å². The number of carbonyl (C=O) groups is 1. The minimum Gasteiger partial charge on any atom is -0.398 e. The summed E-state index contributed by atoms with van der Waals surface area (Å²) >= 11 is 0. The molecule has 1 saturated heterocycles. The van der Waals surface area contributed by atoms with E-state index in [0.717, 1.165) is 31.7 Å². The molecule has 1 amide bonds. The second kappa shape index (κ2) is 6.10. The summed E-state index contributed by atoms with van der Waals surface area (Å²) in [5.74, 6) is 0.0689. The first-order valence-electron chi connectivity index (χ1n) is 7.60. The maximum atomic E-state index is 12.6. The van der Waals surface area contributed by atoms with Crippen LogP contribution in [0.5, 0.6) is 0 Å². The van der Waals surface area contributed by atoms with Crippen molar-refractivity contribution in [3.05, 3.63) is 59.7 Å². The van der Waals surface area contributed by atoms with Crippen LogP contribution in [0.1, 0.15) is 15.9 Å². The van der Waals surface area contributed by atoms with E-state index in [-0.39, 0.29) is 5.91 Å². The van der Waals surface area contributed by atoms with E-state index in [1.165, 1.54) is 5.69 Å². The molecule has 1 heterocycles. The lowest BCUT2D eigenvalue weighted by Crippen LogP contribution is -2.48. The predicted molar refractivity (Wildman–Crippen MR) is 90.1 cm³/mol. The Bertz CT molecular complexity index is 661. The molecule has 0 aliphatic carbocycles. The summed E-state index contributed by atoms with van der Waals surface area (Å²) in [6.45, 7) is 5.14. The van der Waals surface area contributed by atoms with E-state index in [1.54, 1.807) is 6.07 Å². The van der Waals surface area contributed by atoms with Gasteiger partial charge in [-0.3, -0.25) is 4.79 Å². The zero-order chi connectivity index (χ0) is 15.5. The molecule has 2 N–H and O–H groups in total. The van der Waals surface area contributed by atoms with Crippen molar-refractivity contribution in [1.29, 1.82) is 0 Å². The highest BCUT2D eigenvalue weighted by molar-refractivity contribution is 5.95. The summed E-state index contributed by atoms with van der Waals surface area (Å²) < 4.78 is 0. The number of hydrogen-bond donors (Lipinski definition) is 1. The summed E-state index contributed by atoms with van der Waals surface area (Å²) in [6.07, 6.45) is 0. The Morgan fingerprint density at radius 2 is 1.68 bits per heavy atom. The number of piperazine rings is 1. The van der Waals surface area contributed by atoms with Gasteiger partial charge in [0.15, 0.2) is 0 Å². The molecular formula is C18H21N3O. The Kier molecular flexibility index (Phi) is 4.00. The topological polar surface area (TPSA) is 49.6 Å². The zero-order valence-corrected chi connectivity index (χ0v) is 12.8. The SMILES string of the molecule is Cc1ccc(C(=O)N2CCN(c3ccccc3)CC2)cc1N. The van der Waals surface area contributed by atoms with Crippen molar-refractivity contribution in [1.82, 2.24) is 4.90 Å². The van der Waals surface area contributed by atoms with Crippen molar-refractivity contribution in [3.63, 3.8) is 0 Å². The smallest absolute Gasteiger partial charge is 0.254 e. The van der Waals surface area contributed by atoms with Crippen LogP contribution in [0.2, 0.25) is 0 Å². The Labute approximate surface area is 131 Å². The number of nitrogens with zero attached hydrogens (tertiary/aromatic N) is 2. The monoisotopic (exact) mass is 295 g/mol. The first kappa shape index (κ1) is 14.4. The standard InChI is InChI=1S/C18H21N3O/c1-14-7-8-15(13-17(14)19)18(22)21-11-9-20(10-12-21)16-5-3-2-4-6-16/h2-8,13H,9-12,19H2,1H3. The third-order valence-corrected chi connectivity index (χ3v) is 4.21. The number of para-hydroxylation sites is 1. The third-order valence-electron chi connectivity index (χ3n) is 4.21. The Morgan fingerprint density at radius 1 is 1.00 bits per heavy atom. The number of carbonyl (C=O) groups excluding carboxylic acids is 1. The van der Waals surface area contributed by atoms with E-state index in [4.69, 9.17) is 5.73 Å². The van der Waals surface area contributed by atoms with Gasteiger partial charge in [-0.2, -0.15) is 0 Å². The summed E-state index contributed by atoms with van der Waals surface area (Å²) in [5, 5.41) is 0. The molecule has 4 nitrogen and oxygen atoms in total. The van der Waals surface area contributed by atoms with Crippen LogP contribution in [0.4, 0.5) is 11.4 Å². The molecule has 0 spiro atoms. The predicted octanol–water partition coefficient (Wildman–Crippen LogP) is 2.54. The summed E-state index contributed by atoms with van der Waals surface area (Å²) in [7, 11) is 0. The van der Waals surface area contributed by atoms with Crippen LogP contribution in [0.15, 0.2) is 48.5 Å². The molecule has 0 bridgehead atoms. The van der Waals surface area contributed by atoms with Gasteiger partial charge < -0.3 is 15.5 Å². The molecule has 0 aromatic heterocycles. The molecular weight excluding hydrogens is 274 g/mol. The number of nitrogens with two attached hydrogens (primary N) is 1. The number of aryl methyl sites for hydroxylation is 1. The van der Waals surface area contributed by atoms with Gasteiger partial charge in [0.25, 0.3) is 5.91 Å². The fourth-order valence-electron chi connectivity index (χ4n) is 2.76. The van der Waals surface area contributed by atoms with Crippen molar-refractivity contribution in [2.45, 2.75) is 6.92 Å². The lowest BCUT2D eigenvalue weighted by Gasteiger charge is -2.36. The summed E-state index contributed by atoms with van der Waals surface area (Å²) in [4.78, 5) is 16.8. The third kappa shape index (κ3) is 2.91. The first-order chi connectivity index (χ1) is 10.6. The number of rotatable bonds is 2. The first-order valence-corrected chi connectivity index (χ1v) is 7.60. The van der Waals surface area contributed by atoms with E-state index < -0.39 is 0 Å². The number of nitrogen functional groups attached to an aromatic ring is 1. The number of hydrogen-bond acceptors (Lipinski definition) is 3. The number of amides is 1. The number of benzene rings is 2. The molecule has 1 fully saturated rings. The Hall–Kier alpha value is -2.49. The molecule has 0 atom stereocenters. The van der Waals surface area contributed by atoms with Gasteiger partial charge in [0.1, 0.15) is 0 Å². The van der Waals surface area contributed by atoms with Gasteiger partial charge in [0, 0.05) is 43.1 Å². The molecule has 22 heavy (non-hydrogen) atoms. The highest BCUT2D eigenvalue weighted by atomic mass is 16.2. The van der Waals surface area contributed by atoms with Crippen LogP contribution in [-0.2, 0) is 0 Å². The van der Waals surface area contributed by atoms with Gasteiger partial charge in [-0.1, -0.05) is 24.3 Å². The average molecular weight is 295 g/mol. The number of anilines is 2. The van der Waals surface area contributed by atoms with Crippen molar-refractivity contribution < 1.29 is 4.79 Å². The molecule has 0 saturated carbocycles. The van der Waals surface area contributed by atoms with Crippen LogP contribution < -0.4 is 10.6 Å². The fourth-order valence-corrected chi connectivity index (χ4v) is 2.76. The molecule has 1 aliphatic rings.